The van der Waals surface area contributed by atoms with Crippen LogP contribution >= 0.6 is 36.4 Å². The maximum absolute atomic E-state index is 5.66. The molecule has 0 atom stereocenters. The zero-order chi connectivity index (χ0) is 8.27. The van der Waals surface area contributed by atoms with Crippen LogP contribution in [-0.4, -0.2) is 12.1 Å². The molecule has 1 aromatic heterocycles. The van der Waals surface area contributed by atoms with E-state index in [-0.39, 0.29) is 24.8 Å². The molecule has 0 bridgehead atoms. The number of nitrogens with two attached hydrogens (primary N) is 1. The Bertz CT molecular complexity index is 235. The van der Waals surface area contributed by atoms with Gasteiger partial charge in [-0.25, -0.2) is 4.98 Å². The third kappa shape index (κ3) is 4.52. The number of methoxy groups -OCH3 is 1. The third-order valence-electron chi connectivity index (χ3n) is 1.28. The van der Waals surface area contributed by atoms with E-state index >= 15 is 0 Å². The van der Waals surface area contributed by atoms with Gasteiger partial charge in [0, 0.05) is 12.6 Å². The van der Waals surface area contributed by atoms with Gasteiger partial charge in [0.2, 0.25) is 5.88 Å². The fourth-order valence-electron chi connectivity index (χ4n) is 0.745. The zero-order valence-electron chi connectivity index (χ0n) is 6.99. The number of ether oxygens (including phenoxy) is 1. The molecule has 1 aromatic rings. The first kappa shape index (κ1) is 15.3. The maximum Gasteiger partial charge on any atom is 0.214 e. The van der Waals surface area contributed by atoms with Crippen LogP contribution in [0.15, 0.2) is 12.1 Å². The summed E-state index contributed by atoms with van der Waals surface area (Å²) < 4.78 is 4.89. The van der Waals surface area contributed by atoms with Crippen LogP contribution in [0.3, 0.4) is 0 Å². The van der Waals surface area contributed by atoms with Crippen LogP contribution in [-0.2, 0) is 6.54 Å². The molecule has 1 rings (SSSR count). The second-order valence-corrected chi connectivity index (χ2v) is 2.43. The van der Waals surface area contributed by atoms with Gasteiger partial charge in [-0.1, -0.05) is 11.6 Å². The molecule has 2 N–H and O–H groups in total. The minimum Gasteiger partial charge on any atom is -0.481 e. The van der Waals surface area contributed by atoms with Crippen LogP contribution in [0, 0.1) is 0 Å². The van der Waals surface area contributed by atoms with Gasteiger partial charge < -0.3 is 10.5 Å². The molecule has 0 amide bonds. The lowest BCUT2D eigenvalue weighted by molar-refractivity contribution is 0.397. The molecule has 0 spiro atoms. The number of aromatic nitrogens is 1. The van der Waals surface area contributed by atoms with E-state index in [2.05, 4.69) is 4.98 Å². The van der Waals surface area contributed by atoms with Crippen LogP contribution in [0.4, 0.5) is 0 Å². The molecular weight excluding hydrogens is 234 g/mol. The highest BCUT2D eigenvalue weighted by Crippen LogP contribution is 2.14. The Balaban J connectivity index is 0. The molecule has 3 nitrogen and oxygen atoms in total. The highest BCUT2D eigenvalue weighted by atomic mass is 35.5. The van der Waals surface area contributed by atoms with Crippen molar-refractivity contribution in [3.63, 3.8) is 0 Å². The van der Waals surface area contributed by atoms with Gasteiger partial charge in [-0.15, -0.1) is 24.8 Å². The first-order valence-electron chi connectivity index (χ1n) is 3.17. The second kappa shape index (κ2) is 7.21. The Morgan fingerprint density at radius 3 is 2.54 bits per heavy atom. The Morgan fingerprint density at radius 2 is 2.08 bits per heavy atom. The molecule has 6 heteroatoms. The fourth-order valence-corrected chi connectivity index (χ4v) is 0.969. The SMILES string of the molecule is COc1cc(CN)cc(Cl)n1.Cl.Cl. The molecule has 0 aliphatic heterocycles. The lowest BCUT2D eigenvalue weighted by Gasteiger charge is -2.01. The van der Waals surface area contributed by atoms with E-state index in [9.17, 15) is 0 Å². The predicted molar refractivity (Wildman–Crippen MR) is 58.2 cm³/mol. The highest BCUT2D eigenvalue weighted by molar-refractivity contribution is 6.29. The monoisotopic (exact) mass is 244 g/mol. The normalized spacial score (nSPS) is 8.23. The molecule has 76 valence electrons. The smallest absolute Gasteiger partial charge is 0.214 e. The van der Waals surface area contributed by atoms with Crippen molar-refractivity contribution in [2.45, 2.75) is 6.54 Å². The van der Waals surface area contributed by atoms with Crippen molar-refractivity contribution in [2.24, 2.45) is 5.73 Å². The highest BCUT2D eigenvalue weighted by Gasteiger charge is 1.98. The topological polar surface area (TPSA) is 48.1 Å². The molecule has 0 fully saturated rings. The second-order valence-electron chi connectivity index (χ2n) is 2.04. The maximum atomic E-state index is 5.66. The summed E-state index contributed by atoms with van der Waals surface area (Å²) >= 11 is 5.66. The summed E-state index contributed by atoms with van der Waals surface area (Å²) in [6.45, 7) is 0.443. The predicted octanol–water partition coefficient (Wildman–Crippen LogP) is 2.05. The summed E-state index contributed by atoms with van der Waals surface area (Å²) in [6.07, 6.45) is 0. The van der Waals surface area contributed by atoms with E-state index in [1.807, 2.05) is 0 Å². The van der Waals surface area contributed by atoms with Gasteiger partial charge in [0.1, 0.15) is 5.15 Å². The number of hydrogen-bond donors (Lipinski definition) is 1. The number of halogens is 3. The standard InChI is InChI=1S/C7H9ClN2O.2ClH/c1-11-7-3-5(4-9)2-6(8)10-7;;/h2-3H,4,9H2,1H3;2*1H. The number of pyridine rings is 1. The summed E-state index contributed by atoms with van der Waals surface area (Å²) in [5.74, 6) is 0.498. The molecule has 0 saturated carbocycles. The lowest BCUT2D eigenvalue weighted by Crippen LogP contribution is -1.98. The van der Waals surface area contributed by atoms with Gasteiger partial charge in [0.05, 0.1) is 7.11 Å². The van der Waals surface area contributed by atoms with Crippen LogP contribution in [0.1, 0.15) is 5.56 Å². The van der Waals surface area contributed by atoms with Crippen molar-refractivity contribution in [3.05, 3.63) is 22.8 Å². The quantitative estimate of drug-likeness (QED) is 0.811. The average Bonchev–Trinajstić information content (AvgIpc) is 2.03. The van der Waals surface area contributed by atoms with Crippen LogP contribution < -0.4 is 10.5 Å². The van der Waals surface area contributed by atoms with Gasteiger partial charge in [-0.2, -0.15) is 0 Å². The molecule has 13 heavy (non-hydrogen) atoms. The third-order valence-corrected chi connectivity index (χ3v) is 1.47. The Kier molecular flexibility index (Phi) is 8.46. The van der Waals surface area contributed by atoms with Crippen LogP contribution in [0.2, 0.25) is 5.15 Å². The van der Waals surface area contributed by atoms with Crippen LogP contribution in [0.25, 0.3) is 0 Å². The molecule has 0 aromatic carbocycles. The molecular formula is C7H11Cl3N2O. The number of rotatable bonds is 2. The van der Waals surface area contributed by atoms with E-state index < -0.39 is 0 Å². The van der Waals surface area contributed by atoms with E-state index in [0.29, 0.717) is 17.6 Å². The van der Waals surface area contributed by atoms with Crippen molar-refractivity contribution in [2.75, 3.05) is 7.11 Å². The largest absolute Gasteiger partial charge is 0.481 e. The Hall–Kier alpha value is -0.220. The van der Waals surface area contributed by atoms with Gasteiger partial charge in [-0.3, -0.25) is 0 Å². The lowest BCUT2D eigenvalue weighted by atomic mass is 10.3. The molecule has 0 aliphatic rings. The summed E-state index contributed by atoms with van der Waals surface area (Å²) in [5, 5.41) is 0.407. The minimum absolute atomic E-state index is 0. The Morgan fingerprint density at radius 1 is 1.46 bits per heavy atom. The molecule has 0 unspecified atom stereocenters. The van der Waals surface area contributed by atoms with E-state index in [4.69, 9.17) is 22.1 Å². The molecule has 1 heterocycles. The fraction of sp³-hybridized carbons (Fsp3) is 0.286. The van der Waals surface area contributed by atoms with Gasteiger partial charge >= 0.3 is 0 Å². The first-order chi connectivity index (χ1) is 5.26. The van der Waals surface area contributed by atoms with Crippen molar-refractivity contribution in [3.8, 4) is 5.88 Å². The van der Waals surface area contributed by atoms with E-state index in [0.717, 1.165) is 5.56 Å². The zero-order valence-corrected chi connectivity index (χ0v) is 9.38. The Labute approximate surface area is 94.4 Å². The molecule has 0 saturated heterocycles. The van der Waals surface area contributed by atoms with Crippen molar-refractivity contribution >= 4 is 36.4 Å². The average molecular weight is 246 g/mol. The summed E-state index contributed by atoms with van der Waals surface area (Å²) in [6, 6.07) is 3.47. The van der Waals surface area contributed by atoms with Gasteiger partial charge in [0.25, 0.3) is 0 Å². The van der Waals surface area contributed by atoms with Crippen molar-refractivity contribution < 1.29 is 4.74 Å². The summed E-state index contributed by atoms with van der Waals surface area (Å²) in [5.41, 5.74) is 6.32. The van der Waals surface area contributed by atoms with Crippen LogP contribution in [0.5, 0.6) is 5.88 Å². The number of hydrogen-bond acceptors (Lipinski definition) is 3. The van der Waals surface area contributed by atoms with Crippen molar-refractivity contribution in [1.29, 1.82) is 0 Å². The molecule has 0 radical (unpaired) electrons. The van der Waals surface area contributed by atoms with Crippen molar-refractivity contribution in [1.82, 2.24) is 4.98 Å². The van der Waals surface area contributed by atoms with Gasteiger partial charge in [-0.05, 0) is 11.6 Å². The summed E-state index contributed by atoms with van der Waals surface area (Å²) in [7, 11) is 1.54. The first-order valence-corrected chi connectivity index (χ1v) is 3.54. The number of nitrogens with zero attached hydrogens (tertiary/aromatic N) is 1. The van der Waals surface area contributed by atoms with Gasteiger partial charge in [0.15, 0.2) is 0 Å². The minimum atomic E-state index is 0. The molecule has 0 aliphatic carbocycles. The van der Waals surface area contributed by atoms with E-state index in [1.54, 1.807) is 19.2 Å². The van der Waals surface area contributed by atoms with E-state index in [1.165, 1.54) is 0 Å². The summed E-state index contributed by atoms with van der Waals surface area (Å²) in [4.78, 5) is 3.89.